The summed E-state index contributed by atoms with van der Waals surface area (Å²) in [6.07, 6.45) is 8.05. The minimum absolute atomic E-state index is 0.0139. The number of ether oxygens (including phenoxy) is 1. The molecule has 86 valence electrons. The van der Waals surface area contributed by atoms with Crippen LogP contribution in [-0.4, -0.2) is 37.4 Å². The van der Waals surface area contributed by atoms with Gasteiger partial charge < -0.3 is 15.2 Å². The number of terminal acetylenes is 1. The maximum Gasteiger partial charge on any atom is 0.220 e. The van der Waals surface area contributed by atoms with E-state index in [9.17, 15) is 4.79 Å². The zero-order valence-corrected chi connectivity index (χ0v) is 9.00. The van der Waals surface area contributed by atoms with E-state index >= 15 is 0 Å². The molecule has 4 nitrogen and oxygen atoms in total. The summed E-state index contributed by atoms with van der Waals surface area (Å²) in [4.78, 5) is 11.2. The molecular weight excluding hydrogens is 194 g/mol. The van der Waals surface area contributed by atoms with E-state index < -0.39 is 0 Å². The van der Waals surface area contributed by atoms with Crippen LogP contribution in [0.1, 0.15) is 25.7 Å². The SMILES string of the molecule is C#CCCCCC(=O)NCCOCCO. The summed E-state index contributed by atoms with van der Waals surface area (Å²) < 4.78 is 4.98. The zero-order chi connectivity index (χ0) is 11.4. The van der Waals surface area contributed by atoms with Crippen molar-refractivity contribution in [3.63, 3.8) is 0 Å². The van der Waals surface area contributed by atoms with Crippen molar-refractivity contribution in [1.29, 1.82) is 0 Å². The van der Waals surface area contributed by atoms with E-state index in [1.54, 1.807) is 0 Å². The average molecular weight is 213 g/mol. The third kappa shape index (κ3) is 10.9. The minimum atomic E-state index is 0.0139. The Labute approximate surface area is 91.0 Å². The molecule has 0 heterocycles. The lowest BCUT2D eigenvalue weighted by Gasteiger charge is -2.04. The van der Waals surface area contributed by atoms with Crippen molar-refractivity contribution in [3.05, 3.63) is 0 Å². The first-order chi connectivity index (χ1) is 7.31. The van der Waals surface area contributed by atoms with Crippen LogP contribution in [0.3, 0.4) is 0 Å². The van der Waals surface area contributed by atoms with Gasteiger partial charge in [-0.05, 0) is 12.8 Å². The Morgan fingerprint density at radius 1 is 1.40 bits per heavy atom. The maximum atomic E-state index is 11.2. The van der Waals surface area contributed by atoms with Crippen LogP contribution in [0.2, 0.25) is 0 Å². The Bertz CT molecular complexity index is 198. The summed E-state index contributed by atoms with van der Waals surface area (Å²) in [5, 5.41) is 11.1. The van der Waals surface area contributed by atoms with Gasteiger partial charge in [0.05, 0.1) is 19.8 Å². The summed E-state index contributed by atoms with van der Waals surface area (Å²) in [7, 11) is 0. The van der Waals surface area contributed by atoms with Crippen LogP contribution in [0, 0.1) is 12.3 Å². The van der Waals surface area contributed by atoms with Gasteiger partial charge in [0.15, 0.2) is 0 Å². The molecule has 0 aliphatic heterocycles. The number of nitrogens with one attached hydrogen (secondary N) is 1. The van der Waals surface area contributed by atoms with Crippen LogP contribution in [0.4, 0.5) is 0 Å². The van der Waals surface area contributed by atoms with E-state index in [0.717, 1.165) is 19.3 Å². The zero-order valence-electron chi connectivity index (χ0n) is 9.00. The second-order valence-electron chi connectivity index (χ2n) is 3.10. The summed E-state index contributed by atoms with van der Waals surface area (Å²) in [5.74, 6) is 2.56. The standard InChI is InChI=1S/C11H19NO3/c1-2-3-4-5-6-11(14)12-7-9-15-10-8-13/h1,13H,3-10H2,(H,12,14). The molecule has 0 saturated heterocycles. The third-order valence-corrected chi connectivity index (χ3v) is 1.78. The van der Waals surface area contributed by atoms with E-state index in [1.165, 1.54) is 0 Å². The van der Waals surface area contributed by atoms with Gasteiger partial charge in [0.25, 0.3) is 0 Å². The molecule has 0 fully saturated rings. The molecule has 0 aliphatic rings. The van der Waals surface area contributed by atoms with Crippen molar-refractivity contribution in [2.24, 2.45) is 0 Å². The first-order valence-corrected chi connectivity index (χ1v) is 5.20. The fourth-order valence-corrected chi connectivity index (χ4v) is 1.03. The molecule has 0 aromatic carbocycles. The van der Waals surface area contributed by atoms with Crippen molar-refractivity contribution in [2.45, 2.75) is 25.7 Å². The Kier molecular flexibility index (Phi) is 10.3. The van der Waals surface area contributed by atoms with Gasteiger partial charge in [-0.15, -0.1) is 12.3 Å². The van der Waals surface area contributed by atoms with Gasteiger partial charge in [-0.2, -0.15) is 0 Å². The quantitative estimate of drug-likeness (QED) is 0.428. The molecule has 0 rings (SSSR count). The smallest absolute Gasteiger partial charge is 0.220 e. The largest absolute Gasteiger partial charge is 0.394 e. The number of hydrogen-bond acceptors (Lipinski definition) is 3. The molecule has 0 aromatic rings. The van der Waals surface area contributed by atoms with Gasteiger partial charge in [0.2, 0.25) is 5.91 Å². The van der Waals surface area contributed by atoms with Crippen molar-refractivity contribution >= 4 is 5.91 Å². The van der Waals surface area contributed by atoms with Crippen LogP contribution in [-0.2, 0) is 9.53 Å². The predicted molar refractivity (Wildman–Crippen MR) is 58.2 cm³/mol. The minimum Gasteiger partial charge on any atom is -0.394 e. The van der Waals surface area contributed by atoms with E-state index in [2.05, 4.69) is 11.2 Å². The molecule has 1 amide bonds. The molecule has 0 unspecified atom stereocenters. The lowest BCUT2D eigenvalue weighted by molar-refractivity contribution is -0.121. The monoisotopic (exact) mass is 213 g/mol. The highest BCUT2D eigenvalue weighted by Crippen LogP contribution is 1.97. The molecule has 2 N–H and O–H groups in total. The van der Waals surface area contributed by atoms with Crippen LogP contribution in [0.5, 0.6) is 0 Å². The topological polar surface area (TPSA) is 58.6 Å². The fraction of sp³-hybridized carbons (Fsp3) is 0.727. The highest BCUT2D eigenvalue weighted by molar-refractivity contribution is 5.75. The highest BCUT2D eigenvalue weighted by Gasteiger charge is 1.99. The van der Waals surface area contributed by atoms with Gasteiger partial charge in [-0.1, -0.05) is 0 Å². The molecule has 0 saturated carbocycles. The summed E-state index contributed by atoms with van der Waals surface area (Å²) in [6, 6.07) is 0. The molecule has 0 aliphatic carbocycles. The van der Waals surface area contributed by atoms with Gasteiger partial charge in [0, 0.05) is 19.4 Å². The van der Waals surface area contributed by atoms with Crippen LogP contribution >= 0.6 is 0 Å². The second kappa shape index (κ2) is 11.0. The first kappa shape index (κ1) is 13.9. The van der Waals surface area contributed by atoms with Gasteiger partial charge in [-0.3, -0.25) is 4.79 Å². The maximum absolute atomic E-state index is 11.2. The van der Waals surface area contributed by atoms with Crippen molar-refractivity contribution in [3.8, 4) is 12.3 Å². The average Bonchev–Trinajstić information content (AvgIpc) is 2.24. The molecule has 0 radical (unpaired) electrons. The molecule has 0 atom stereocenters. The van der Waals surface area contributed by atoms with E-state index in [-0.39, 0.29) is 12.5 Å². The third-order valence-electron chi connectivity index (χ3n) is 1.78. The van der Waals surface area contributed by atoms with Gasteiger partial charge in [-0.25, -0.2) is 0 Å². The lowest BCUT2D eigenvalue weighted by Crippen LogP contribution is -2.27. The number of hydrogen-bond donors (Lipinski definition) is 2. The van der Waals surface area contributed by atoms with Crippen molar-refractivity contribution in [2.75, 3.05) is 26.4 Å². The Morgan fingerprint density at radius 2 is 2.20 bits per heavy atom. The number of aliphatic hydroxyl groups is 1. The first-order valence-electron chi connectivity index (χ1n) is 5.20. The summed E-state index contributed by atoms with van der Waals surface area (Å²) in [5.41, 5.74) is 0. The van der Waals surface area contributed by atoms with Gasteiger partial charge in [0.1, 0.15) is 0 Å². The Morgan fingerprint density at radius 3 is 2.87 bits per heavy atom. The summed E-state index contributed by atoms with van der Waals surface area (Å²) in [6.45, 7) is 1.27. The number of carbonyl (C=O) groups is 1. The number of carbonyl (C=O) groups excluding carboxylic acids is 1. The molecule has 4 heteroatoms. The van der Waals surface area contributed by atoms with Crippen molar-refractivity contribution < 1.29 is 14.6 Å². The molecule has 0 bridgehead atoms. The van der Waals surface area contributed by atoms with Crippen molar-refractivity contribution in [1.82, 2.24) is 5.32 Å². The Hall–Kier alpha value is -1.05. The van der Waals surface area contributed by atoms with E-state index in [1.807, 2.05) is 0 Å². The predicted octanol–water partition coefficient (Wildman–Crippen LogP) is 0.305. The molecule has 0 aromatic heterocycles. The van der Waals surface area contributed by atoms with E-state index in [4.69, 9.17) is 16.3 Å². The number of rotatable bonds is 9. The second-order valence-corrected chi connectivity index (χ2v) is 3.10. The number of amides is 1. The fourth-order valence-electron chi connectivity index (χ4n) is 1.03. The van der Waals surface area contributed by atoms with Crippen LogP contribution in [0.25, 0.3) is 0 Å². The normalized spacial score (nSPS) is 9.60. The number of unbranched alkanes of at least 4 members (excludes halogenated alkanes) is 2. The Balaban J connectivity index is 3.16. The number of aliphatic hydroxyl groups excluding tert-OH is 1. The highest BCUT2D eigenvalue weighted by atomic mass is 16.5. The van der Waals surface area contributed by atoms with Gasteiger partial charge >= 0.3 is 0 Å². The van der Waals surface area contributed by atoms with E-state index in [0.29, 0.717) is 26.2 Å². The molecule has 15 heavy (non-hydrogen) atoms. The lowest BCUT2D eigenvalue weighted by atomic mass is 10.2. The molecular formula is C11H19NO3. The molecule has 0 spiro atoms. The van der Waals surface area contributed by atoms with Crippen LogP contribution < -0.4 is 5.32 Å². The summed E-state index contributed by atoms with van der Waals surface area (Å²) >= 11 is 0. The van der Waals surface area contributed by atoms with Crippen LogP contribution in [0.15, 0.2) is 0 Å².